The van der Waals surface area contributed by atoms with Gasteiger partial charge in [-0.2, -0.15) is 0 Å². The van der Waals surface area contributed by atoms with Gasteiger partial charge in [-0.25, -0.2) is 0 Å². The van der Waals surface area contributed by atoms with Gasteiger partial charge in [-0.15, -0.1) is 11.6 Å². The molecule has 0 aromatic heterocycles. The summed E-state index contributed by atoms with van der Waals surface area (Å²) in [4.78, 5) is 0. The second kappa shape index (κ2) is 5.09. The van der Waals surface area contributed by atoms with Crippen LogP contribution in [-0.2, 0) is 4.74 Å². The molecule has 1 nitrogen and oxygen atoms in total. The minimum atomic E-state index is 0.307. The molecule has 0 N–H and O–H groups in total. The van der Waals surface area contributed by atoms with Gasteiger partial charge in [-0.1, -0.05) is 19.3 Å². The Morgan fingerprint density at radius 3 is 2.53 bits per heavy atom. The minimum Gasteiger partial charge on any atom is -0.372 e. The van der Waals surface area contributed by atoms with E-state index < -0.39 is 0 Å². The van der Waals surface area contributed by atoms with E-state index in [2.05, 4.69) is 0 Å². The number of alkyl halides is 1. The van der Waals surface area contributed by atoms with Crippen LogP contribution < -0.4 is 0 Å². The van der Waals surface area contributed by atoms with E-state index in [4.69, 9.17) is 16.3 Å². The van der Waals surface area contributed by atoms with Gasteiger partial charge in [0, 0.05) is 5.38 Å². The van der Waals surface area contributed by atoms with Crippen molar-refractivity contribution in [3.05, 3.63) is 0 Å². The quantitative estimate of drug-likeness (QED) is 0.653. The van der Waals surface area contributed by atoms with Crippen molar-refractivity contribution in [2.24, 2.45) is 5.92 Å². The van der Waals surface area contributed by atoms with Crippen molar-refractivity contribution in [1.82, 2.24) is 0 Å². The molecule has 3 atom stereocenters. The lowest BCUT2D eigenvalue weighted by molar-refractivity contribution is -0.0695. The molecule has 3 fully saturated rings. The van der Waals surface area contributed by atoms with Gasteiger partial charge in [-0.3, -0.25) is 0 Å². The fourth-order valence-electron chi connectivity index (χ4n) is 4.23. The monoisotopic (exact) mass is 256 g/mol. The molecule has 17 heavy (non-hydrogen) atoms. The smallest absolute Gasteiger partial charge is 0.0687 e. The summed E-state index contributed by atoms with van der Waals surface area (Å²) >= 11 is 6.19. The van der Waals surface area contributed by atoms with Crippen LogP contribution in [-0.4, -0.2) is 17.1 Å². The highest BCUT2D eigenvalue weighted by atomic mass is 35.5. The summed E-state index contributed by atoms with van der Waals surface area (Å²) in [6, 6.07) is 0. The third-order valence-corrected chi connectivity index (χ3v) is 5.57. The zero-order valence-electron chi connectivity index (χ0n) is 10.8. The predicted octanol–water partition coefficient (Wildman–Crippen LogP) is 4.67. The molecule has 3 unspecified atom stereocenters. The van der Waals surface area contributed by atoms with Gasteiger partial charge >= 0.3 is 0 Å². The number of ether oxygens (including phenoxy) is 1. The van der Waals surface area contributed by atoms with Gasteiger partial charge in [0.15, 0.2) is 0 Å². The normalized spacial score (nSPS) is 41.1. The van der Waals surface area contributed by atoms with Crippen molar-refractivity contribution < 1.29 is 4.74 Å². The molecule has 2 aliphatic carbocycles. The molecule has 3 aliphatic rings. The average molecular weight is 257 g/mol. The van der Waals surface area contributed by atoms with Gasteiger partial charge in [0.2, 0.25) is 0 Å². The first kappa shape index (κ1) is 12.3. The molecule has 0 aromatic rings. The van der Waals surface area contributed by atoms with E-state index in [0.717, 1.165) is 5.92 Å². The first-order valence-corrected chi connectivity index (χ1v) is 8.01. The molecule has 0 aromatic carbocycles. The van der Waals surface area contributed by atoms with Crippen molar-refractivity contribution >= 4 is 11.6 Å². The van der Waals surface area contributed by atoms with Crippen molar-refractivity contribution in [2.75, 3.05) is 0 Å². The standard InChI is InChI=1S/C15H25ClO/c16-13-5-4-12(10-13)11-14-6-9-15(17-14)7-2-1-3-8-15/h12-14H,1-11H2. The summed E-state index contributed by atoms with van der Waals surface area (Å²) in [6.45, 7) is 0. The van der Waals surface area contributed by atoms with Crippen LogP contribution in [0.5, 0.6) is 0 Å². The summed E-state index contributed by atoms with van der Waals surface area (Å²) in [7, 11) is 0. The van der Waals surface area contributed by atoms with E-state index in [1.165, 1.54) is 70.6 Å². The molecule has 2 saturated carbocycles. The maximum Gasteiger partial charge on any atom is 0.0687 e. The fraction of sp³-hybridized carbons (Fsp3) is 1.00. The summed E-state index contributed by atoms with van der Waals surface area (Å²) in [6.07, 6.45) is 15.1. The molecule has 1 saturated heterocycles. The third-order valence-electron chi connectivity index (χ3n) is 5.18. The summed E-state index contributed by atoms with van der Waals surface area (Å²) in [5, 5.41) is 0.449. The first-order chi connectivity index (χ1) is 8.26. The number of rotatable bonds is 2. The molecular formula is C15H25ClO. The Kier molecular flexibility index (Phi) is 3.68. The van der Waals surface area contributed by atoms with Crippen LogP contribution in [0.4, 0.5) is 0 Å². The largest absolute Gasteiger partial charge is 0.372 e. The Morgan fingerprint density at radius 1 is 1.00 bits per heavy atom. The summed E-state index contributed by atoms with van der Waals surface area (Å²) < 4.78 is 6.44. The van der Waals surface area contributed by atoms with Crippen LogP contribution in [0.2, 0.25) is 0 Å². The number of halogens is 1. The molecule has 1 heterocycles. The van der Waals surface area contributed by atoms with E-state index in [1.807, 2.05) is 0 Å². The molecule has 0 radical (unpaired) electrons. The van der Waals surface area contributed by atoms with Crippen LogP contribution >= 0.6 is 11.6 Å². The zero-order valence-corrected chi connectivity index (χ0v) is 11.6. The van der Waals surface area contributed by atoms with Gasteiger partial charge in [0.1, 0.15) is 0 Å². The second-order valence-electron chi connectivity index (χ2n) is 6.53. The van der Waals surface area contributed by atoms with Crippen molar-refractivity contribution in [3.8, 4) is 0 Å². The van der Waals surface area contributed by atoms with Gasteiger partial charge in [0.25, 0.3) is 0 Å². The Hall–Kier alpha value is 0.250. The lowest BCUT2D eigenvalue weighted by Crippen LogP contribution is -2.32. The van der Waals surface area contributed by atoms with Crippen molar-refractivity contribution in [2.45, 2.75) is 87.7 Å². The third kappa shape index (κ3) is 2.81. The van der Waals surface area contributed by atoms with Crippen LogP contribution in [0.3, 0.4) is 0 Å². The molecular weight excluding hydrogens is 232 g/mol. The maximum absolute atomic E-state index is 6.44. The molecule has 0 amide bonds. The van der Waals surface area contributed by atoms with Gasteiger partial charge in [-0.05, 0) is 57.3 Å². The Balaban J connectivity index is 1.50. The number of hydrogen-bond acceptors (Lipinski definition) is 1. The fourth-order valence-corrected chi connectivity index (χ4v) is 4.60. The van der Waals surface area contributed by atoms with Crippen LogP contribution in [0, 0.1) is 5.92 Å². The Morgan fingerprint density at radius 2 is 1.82 bits per heavy atom. The second-order valence-corrected chi connectivity index (χ2v) is 7.15. The molecule has 98 valence electrons. The predicted molar refractivity (Wildman–Crippen MR) is 71.5 cm³/mol. The summed E-state index contributed by atoms with van der Waals surface area (Å²) in [5.41, 5.74) is 0.307. The van der Waals surface area contributed by atoms with Crippen LogP contribution in [0.15, 0.2) is 0 Å². The minimum absolute atomic E-state index is 0.307. The first-order valence-electron chi connectivity index (χ1n) is 7.58. The van der Waals surface area contributed by atoms with Crippen molar-refractivity contribution in [1.29, 1.82) is 0 Å². The van der Waals surface area contributed by atoms with E-state index in [1.54, 1.807) is 0 Å². The van der Waals surface area contributed by atoms with Crippen LogP contribution in [0.1, 0.15) is 70.6 Å². The lowest BCUT2D eigenvalue weighted by Gasteiger charge is -2.33. The van der Waals surface area contributed by atoms with E-state index in [9.17, 15) is 0 Å². The highest BCUT2D eigenvalue weighted by Crippen LogP contribution is 2.44. The lowest BCUT2D eigenvalue weighted by atomic mass is 9.83. The maximum atomic E-state index is 6.44. The molecule has 1 aliphatic heterocycles. The molecule has 3 rings (SSSR count). The van der Waals surface area contributed by atoms with E-state index >= 15 is 0 Å². The highest BCUT2D eigenvalue weighted by molar-refractivity contribution is 6.20. The Bertz CT molecular complexity index is 260. The zero-order chi connectivity index (χ0) is 11.7. The highest BCUT2D eigenvalue weighted by Gasteiger charge is 2.41. The van der Waals surface area contributed by atoms with Crippen LogP contribution in [0.25, 0.3) is 0 Å². The van der Waals surface area contributed by atoms with Gasteiger partial charge in [0.05, 0.1) is 11.7 Å². The Labute approximate surface area is 110 Å². The summed E-state index contributed by atoms with van der Waals surface area (Å²) in [5.74, 6) is 0.848. The average Bonchev–Trinajstić information content (AvgIpc) is 2.89. The molecule has 1 spiro atoms. The molecule has 0 bridgehead atoms. The SMILES string of the molecule is ClC1CCC(CC2CCC3(CCCCC3)O2)C1. The number of hydrogen-bond donors (Lipinski definition) is 0. The van der Waals surface area contributed by atoms with E-state index in [-0.39, 0.29) is 0 Å². The topological polar surface area (TPSA) is 9.23 Å². The van der Waals surface area contributed by atoms with Crippen molar-refractivity contribution in [3.63, 3.8) is 0 Å². The molecule has 2 heteroatoms. The van der Waals surface area contributed by atoms with E-state index in [0.29, 0.717) is 17.1 Å². The van der Waals surface area contributed by atoms with Gasteiger partial charge < -0.3 is 4.74 Å².